The minimum Gasteiger partial charge on any atom is -0.343 e. The molecule has 1 saturated heterocycles. The maximum absolute atomic E-state index is 11.1. The molecular formula is C12H19N3O2. The average molecular weight is 237 g/mol. The second-order valence-corrected chi connectivity index (χ2v) is 3.85. The Morgan fingerprint density at radius 3 is 2.59 bits per heavy atom. The number of allylic oxidation sites excluding steroid dienone is 1. The summed E-state index contributed by atoms with van der Waals surface area (Å²) in [5.41, 5.74) is 0. The summed E-state index contributed by atoms with van der Waals surface area (Å²) in [5.74, 6) is -0.116. The van der Waals surface area contributed by atoms with Crippen LogP contribution in [0.25, 0.3) is 0 Å². The van der Waals surface area contributed by atoms with E-state index in [0.29, 0.717) is 0 Å². The summed E-state index contributed by atoms with van der Waals surface area (Å²) in [5, 5.41) is 2.64. The van der Waals surface area contributed by atoms with Crippen LogP contribution in [0, 0.1) is 0 Å². The van der Waals surface area contributed by atoms with Crippen LogP contribution in [0.1, 0.15) is 6.92 Å². The second kappa shape index (κ2) is 7.62. The van der Waals surface area contributed by atoms with E-state index in [2.05, 4.69) is 10.2 Å². The summed E-state index contributed by atoms with van der Waals surface area (Å²) in [6.07, 6.45) is 7.64. The summed E-state index contributed by atoms with van der Waals surface area (Å²) < 4.78 is 0. The third kappa shape index (κ3) is 5.31. The normalized spacial score (nSPS) is 17.8. The fourth-order valence-corrected chi connectivity index (χ4v) is 1.59. The minimum absolute atomic E-state index is 0.116. The molecule has 1 heterocycles. The molecule has 5 heteroatoms. The molecule has 0 saturated carbocycles. The largest absolute Gasteiger partial charge is 0.343 e. The number of piperazine rings is 1. The molecule has 1 rings (SSSR count). The van der Waals surface area contributed by atoms with Crippen LogP contribution in [-0.4, -0.2) is 54.8 Å². The van der Waals surface area contributed by atoms with E-state index in [1.165, 1.54) is 6.08 Å². The van der Waals surface area contributed by atoms with Crippen molar-refractivity contribution >= 4 is 12.3 Å². The van der Waals surface area contributed by atoms with Gasteiger partial charge in [0.05, 0.1) is 0 Å². The van der Waals surface area contributed by atoms with Gasteiger partial charge in [0, 0.05) is 38.9 Å². The monoisotopic (exact) mass is 237 g/mol. The SMILES string of the molecule is CC=CC(=O)NC=CCN1CCN(C=O)CC1. The van der Waals surface area contributed by atoms with Crippen molar-refractivity contribution in [1.82, 2.24) is 15.1 Å². The van der Waals surface area contributed by atoms with E-state index in [-0.39, 0.29) is 5.91 Å². The summed E-state index contributed by atoms with van der Waals surface area (Å²) >= 11 is 0. The Bertz CT molecular complexity index is 305. The lowest BCUT2D eigenvalue weighted by atomic mass is 10.3. The Morgan fingerprint density at radius 2 is 2.00 bits per heavy atom. The van der Waals surface area contributed by atoms with Crippen molar-refractivity contribution in [2.75, 3.05) is 32.7 Å². The molecule has 0 unspecified atom stereocenters. The van der Waals surface area contributed by atoms with Crippen molar-refractivity contribution in [3.8, 4) is 0 Å². The summed E-state index contributed by atoms with van der Waals surface area (Å²) in [6, 6.07) is 0. The van der Waals surface area contributed by atoms with Crippen molar-refractivity contribution in [2.45, 2.75) is 6.92 Å². The number of carbonyl (C=O) groups excluding carboxylic acids is 2. The number of rotatable bonds is 5. The van der Waals surface area contributed by atoms with E-state index in [9.17, 15) is 9.59 Å². The molecule has 0 radical (unpaired) electrons. The molecule has 1 N–H and O–H groups in total. The lowest BCUT2D eigenvalue weighted by Crippen LogP contribution is -2.45. The van der Waals surface area contributed by atoms with Crippen molar-refractivity contribution in [2.24, 2.45) is 0 Å². The first kappa shape index (κ1) is 13.4. The van der Waals surface area contributed by atoms with E-state index in [0.717, 1.165) is 39.1 Å². The first-order valence-electron chi connectivity index (χ1n) is 5.76. The molecule has 1 aliphatic rings. The van der Waals surface area contributed by atoms with Gasteiger partial charge in [-0.15, -0.1) is 0 Å². The van der Waals surface area contributed by atoms with Gasteiger partial charge in [-0.25, -0.2) is 0 Å². The smallest absolute Gasteiger partial charge is 0.247 e. The highest BCUT2D eigenvalue weighted by molar-refractivity contribution is 5.88. The highest BCUT2D eigenvalue weighted by atomic mass is 16.1. The van der Waals surface area contributed by atoms with Crippen LogP contribution in [0.2, 0.25) is 0 Å². The standard InChI is InChI=1S/C12H19N3O2/c1-2-4-12(17)13-5-3-6-14-7-9-15(11-16)10-8-14/h2-5,11H,6-10H2,1H3,(H,13,17). The maximum Gasteiger partial charge on any atom is 0.247 e. The second-order valence-electron chi connectivity index (χ2n) is 3.85. The van der Waals surface area contributed by atoms with Gasteiger partial charge in [0.1, 0.15) is 0 Å². The molecule has 94 valence electrons. The molecular weight excluding hydrogens is 218 g/mol. The van der Waals surface area contributed by atoms with E-state index in [4.69, 9.17) is 0 Å². The molecule has 0 atom stereocenters. The van der Waals surface area contributed by atoms with Crippen molar-refractivity contribution in [1.29, 1.82) is 0 Å². The lowest BCUT2D eigenvalue weighted by molar-refractivity contribution is -0.119. The van der Waals surface area contributed by atoms with Crippen molar-refractivity contribution in [3.63, 3.8) is 0 Å². The Balaban J connectivity index is 2.16. The zero-order chi connectivity index (χ0) is 12.5. The topological polar surface area (TPSA) is 52.7 Å². The van der Waals surface area contributed by atoms with E-state index in [1.54, 1.807) is 24.1 Å². The Labute approximate surface area is 102 Å². The van der Waals surface area contributed by atoms with Crippen LogP contribution < -0.4 is 5.32 Å². The quantitative estimate of drug-likeness (QED) is 0.539. The van der Waals surface area contributed by atoms with E-state index in [1.807, 2.05) is 6.08 Å². The number of carbonyl (C=O) groups is 2. The summed E-state index contributed by atoms with van der Waals surface area (Å²) in [7, 11) is 0. The maximum atomic E-state index is 11.1. The number of hydrogen-bond donors (Lipinski definition) is 1. The van der Waals surface area contributed by atoms with Gasteiger partial charge in [-0.3, -0.25) is 14.5 Å². The van der Waals surface area contributed by atoms with Gasteiger partial charge in [-0.2, -0.15) is 0 Å². The van der Waals surface area contributed by atoms with Crippen LogP contribution in [0.5, 0.6) is 0 Å². The molecule has 1 aliphatic heterocycles. The number of nitrogens with zero attached hydrogens (tertiary/aromatic N) is 2. The van der Waals surface area contributed by atoms with Crippen LogP contribution in [0.4, 0.5) is 0 Å². The number of amides is 2. The highest BCUT2D eigenvalue weighted by Gasteiger charge is 2.13. The number of nitrogens with one attached hydrogen (secondary N) is 1. The first-order valence-corrected chi connectivity index (χ1v) is 5.76. The van der Waals surface area contributed by atoms with Gasteiger partial charge < -0.3 is 10.2 Å². The third-order valence-corrected chi connectivity index (χ3v) is 2.58. The van der Waals surface area contributed by atoms with Crippen LogP contribution in [0.3, 0.4) is 0 Å². The first-order chi connectivity index (χ1) is 8.26. The van der Waals surface area contributed by atoms with Gasteiger partial charge in [0.25, 0.3) is 0 Å². The Hall–Kier alpha value is -1.62. The zero-order valence-corrected chi connectivity index (χ0v) is 10.1. The minimum atomic E-state index is -0.116. The highest BCUT2D eigenvalue weighted by Crippen LogP contribution is 1.98. The van der Waals surface area contributed by atoms with E-state index < -0.39 is 0 Å². The fraction of sp³-hybridized carbons (Fsp3) is 0.500. The Morgan fingerprint density at radius 1 is 1.29 bits per heavy atom. The van der Waals surface area contributed by atoms with Crippen LogP contribution in [-0.2, 0) is 9.59 Å². The molecule has 2 amide bonds. The molecule has 17 heavy (non-hydrogen) atoms. The fourth-order valence-electron chi connectivity index (χ4n) is 1.59. The third-order valence-electron chi connectivity index (χ3n) is 2.58. The van der Waals surface area contributed by atoms with Crippen molar-refractivity contribution < 1.29 is 9.59 Å². The molecule has 0 aromatic heterocycles. The van der Waals surface area contributed by atoms with Gasteiger partial charge >= 0.3 is 0 Å². The lowest BCUT2D eigenvalue weighted by Gasteiger charge is -2.31. The molecule has 1 fully saturated rings. The molecule has 0 aromatic rings. The number of hydrogen-bond acceptors (Lipinski definition) is 3. The Kier molecular flexibility index (Phi) is 6.03. The van der Waals surface area contributed by atoms with Gasteiger partial charge in [0.2, 0.25) is 12.3 Å². The van der Waals surface area contributed by atoms with Gasteiger partial charge in [-0.05, 0) is 13.0 Å². The molecule has 0 aliphatic carbocycles. The summed E-state index contributed by atoms with van der Waals surface area (Å²) in [4.78, 5) is 25.6. The van der Waals surface area contributed by atoms with Gasteiger partial charge in [0.15, 0.2) is 0 Å². The van der Waals surface area contributed by atoms with Crippen molar-refractivity contribution in [3.05, 3.63) is 24.4 Å². The van der Waals surface area contributed by atoms with Crippen LogP contribution >= 0.6 is 0 Å². The zero-order valence-electron chi connectivity index (χ0n) is 10.1. The predicted octanol–water partition coefficient (Wildman–Crippen LogP) is -0.0336. The average Bonchev–Trinajstić information content (AvgIpc) is 2.36. The molecule has 5 nitrogen and oxygen atoms in total. The predicted molar refractivity (Wildman–Crippen MR) is 66.2 cm³/mol. The van der Waals surface area contributed by atoms with Crippen LogP contribution in [0.15, 0.2) is 24.4 Å². The van der Waals surface area contributed by atoms with Gasteiger partial charge in [-0.1, -0.05) is 12.2 Å². The van der Waals surface area contributed by atoms with E-state index >= 15 is 0 Å². The molecule has 0 bridgehead atoms. The molecule has 0 spiro atoms. The summed E-state index contributed by atoms with van der Waals surface area (Å²) in [6.45, 7) is 5.92. The molecule has 0 aromatic carbocycles.